The van der Waals surface area contributed by atoms with E-state index in [2.05, 4.69) is 39.0 Å². The second-order valence-corrected chi connectivity index (χ2v) is 7.30. The molecule has 2 atom stereocenters. The van der Waals surface area contributed by atoms with Gasteiger partial charge >= 0.3 is 0 Å². The first-order valence-electron chi connectivity index (χ1n) is 8.18. The van der Waals surface area contributed by atoms with Gasteiger partial charge in [-0.05, 0) is 48.3 Å². The summed E-state index contributed by atoms with van der Waals surface area (Å²) in [7, 11) is 0. The lowest BCUT2D eigenvalue weighted by molar-refractivity contribution is 0.198. The quantitative estimate of drug-likeness (QED) is 0.858. The number of allylic oxidation sites excluding steroid dienone is 5. The van der Waals surface area contributed by atoms with Crippen LogP contribution in [0.2, 0.25) is 0 Å². The van der Waals surface area contributed by atoms with Gasteiger partial charge in [0.1, 0.15) is 11.5 Å². The molecule has 3 nitrogen and oxygen atoms in total. The van der Waals surface area contributed by atoms with Crippen LogP contribution in [-0.2, 0) is 0 Å². The normalized spacial score (nSPS) is 25.7. The molecule has 3 N–H and O–H groups in total. The summed E-state index contributed by atoms with van der Waals surface area (Å²) in [4.78, 5) is 0. The summed E-state index contributed by atoms with van der Waals surface area (Å²) in [6.07, 6.45) is 9.39. The minimum atomic E-state index is 0.00188. The van der Waals surface area contributed by atoms with Crippen LogP contribution in [0.25, 0.3) is 0 Å². The van der Waals surface area contributed by atoms with Crippen molar-refractivity contribution < 1.29 is 9.84 Å². The lowest BCUT2D eigenvalue weighted by Gasteiger charge is -2.32. The first-order chi connectivity index (χ1) is 10.8. The standard InChI is InChI=1S/C20H25NO2/c1-13-15(12-23-19-5-4-17(22)10-18(13)19)8-14-9-16(21)6-7-20(2,3)11-14/h4-7,9-11,13,15,22H,8,12,21H2,1-3H3/t13-,15-/m1/s1. The second kappa shape index (κ2) is 5.80. The van der Waals surface area contributed by atoms with E-state index in [0.717, 1.165) is 23.4 Å². The van der Waals surface area contributed by atoms with E-state index in [1.54, 1.807) is 6.07 Å². The third-order valence-electron chi connectivity index (χ3n) is 4.76. The van der Waals surface area contributed by atoms with Crippen molar-refractivity contribution in [2.45, 2.75) is 33.1 Å². The molecule has 1 aromatic carbocycles. The van der Waals surface area contributed by atoms with Crippen LogP contribution in [0.4, 0.5) is 0 Å². The Morgan fingerprint density at radius 1 is 1.35 bits per heavy atom. The first kappa shape index (κ1) is 15.7. The Hall–Kier alpha value is -2.16. The number of benzene rings is 1. The third-order valence-corrected chi connectivity index (χ3v) is 4.76. The molecule has 0 saturated carbocycles. The predicted molar refractivity (Wildman–Crippen MR) is 93.4 cm³/mol. The summed E-state index contributed by atoms with van der Waals surface area (Å²) >= 11 is 0. The molecule has 0 bridgehead atoms. The van der Waals surface area contributed by atoms with Crippen LogP contribution in [-0.4, -0.2) is 11.7 Å². The maximum atomic E-state index is 9.75. The summed E-state index contributed by atoms with van der Waals surface area (Å²) in [6, 6.07) is 5.36. The molecule has 1 heterocycles. The molecule has 0 fully saturated rings. The molecule has 3 heteroatoms. The zero-order valence-corrected chi connectivity index (χ0v) is 14.0. The van der Waals surface area contributed by atoms with Crippen molar-refractivity contribution >= 4 is 0 Å². The van der Waals surface area contributed by atoms with Crippen molar-refractivity contribution in [3.8, 4) is 11.5 Å². The van der Waals surface area contributed by atoms with Gasteiger partial charge in [-0.1, -0.05) is 32.9 Å². The summed E-state index contributed by atoms with van der Waals surface area (Å²) < 4.78 is 5.91. The van der Waals surface area contributed by atoms with Gasteiger partial charge in [0.15, 0.2) is 0 Å². The average Bonchev–Trinajstić information content (AvgIpc) is 2.60. The number of nitrogens with two attached hydrogens (primary N) is 1. The molecule has 1 aliphatic carbocycles. The summed E-state index contributed by atoms with van der Waals surface area (Å²) in [5.41, 5.74) is 9.19. The molecule has 0 aromatic heterocycles. The molecular weight excluding hydrogens is 286 g/mol. The lowest BCUT2D eigenvalue weighted by atomic mass is 9.80. The predicted octanol–water partition coefficient (Wildman–Crippen LogP) is 4.26. The summed E-state index contributed by atoms with van der Waals surface area (Å²) in [6.45, 7) is 7.27. The van der Waals surface area contributed by atoms with Gasteiger partial charge in [-0.15, -0.1) is 0 Å². The monoisotopic (exact) mass is 311 g/mol. The van der Waals surface area contributed by atoms with Crippen LogP contribution < -0.4 is 10.5 Å². The molecule has 3 rings (SSSR count). The zero-order valence-electron chi connectivity index (χ0n) is 14.0. The SMILES string of the molecule is C[C@H]1c2cc(O)ccc2OC[C@H]1CC1=CC(C)(C)C=CC(N)=C1. The molecule has 2 aliphatic rings. The fraction of sp³-hybridized carbons (Fsp3) is 0.400. The number of phenolic OH excluding ortho intramolecular Hbond substituents is 1. The van der Waals surface area contributed by atoms with Crippen LogP contribution in [0.15, 0.2) is 53.8 Å². The first-order valence-corrected chi connectivity index (χ1v) is 8.18. The van der Waals surface area contributed by atoms with Crippen LogP contribution in [0, 0.1) is 11.3 Å². The van der Waals surface area contributed by atoms with Crippen molar-refractivity contribution in [1.29, 1.82) is 0 Å². The fourth-order valence-electron chi connectivity index (χ4n) is 3.42. The van der Waals surface area contributed by atoms with E-state index in [9.17, 15) is 5.11 Å². The van der Waals surface area contributed by atoms with Crippen molar-refractivity contribution in [3.05, 3.63) is 59.3 Å². The number of hydrogen-bond donors (Lipinski definition) is 2. The van der Waals surface area contributed by atoms with E-state index >= 15 is 0 Å². The molecule has 0 spiro atoms. The van der Waals surface area contributed by atoms with E-state index < -0.39 is 0 Å². The second-order valence-electron chi connectivity index (χ2n) is 7.30. The molecule has 1 aromatic rings. The summed E-state index contributed by atoms with van der Waals surface area (Å²) in [5, 5.41) is 9.75. The maximum Gasteiger partial charge on any atom is 0.123 e. The van der Waals surface area contributed by atoms with E-state index in [4.69, 9.17) is 10.5 Å². The Morgan fingerprint density at radius 2 is 2.13 bits per heavy atom. The van der Waals surface area contributed by atoms with E-state index in [1.165, 1.54) is 5.57 Å². The van der Waals surface area contributed by atoms with Gasteiger partial charge in [-0.25, -0.2) is 0 Å². The molecule has 23 heavy (non-hydrogen) atoms. The average molecular weight is 311 g/mol. The minimum Gasteiger partial charge on any atom is -0.508 e. The fourth-order valence-corrected chi connectivity index (χ4v) is 3.42. The van der Waals surface area contributed by atoms with Crippen LogP contribution >= 0.6 is 0 Å². The topological polar surface area (TPSA) is 55.5 Å². The van der Waals surface area contributed by atoms with Crippen molar-refractivity contribution in [1.82, 2.24) is 0 Å². The van der Waals surface area contributed by atoms with Gasteiger partial charge in [0.25, 0.3) is 0 Å². The Morgan fingerprint density at radius 3 is 2.91 bits per heavy atom. The number of aromatic hydroxyl groups is 1. The number of ether oxygens (including phenoxy) is 1. The third kappa shape index (κ3) is 3.44. The number of phenols is 1. The smallest absolute Gasteiger partial charge is 0.123 e. The van der Waals surface area contributed by atoms with Gasteiger partial charge < -0.3 is 15.6 Å². The van der Waals surface area contributed by atoms with E-state index in [0.29, 0.717) is 24.2 Å². The summed E-state index contributed by atoms with van der Waals surface area (Å²) in [5.74, 6) is 1.88. The zero-order chi connectivity index (χ0) is 16.6. The molecule has 122 valence electrons. The molecule has 0 unspecified atom stereocenters. The van der Waals surface area contributed by atoms with Crippen molar-refractivity contribution in [2.24, 2.45) is 17.1 Å². The van der Waals surface area contributed by atoms with E-state index in [-0.39, 0.29) is 5.41 Å². The van der Waals surface area contributed by atoms with E-state index in [1.807, 2.05) is 18.2 Å². The van der Waals surface area contributed by atoms with Crippen LogP contribution in [0.5, 0.6) is 11.5 Å². The highest BCUT2D eigenvalue weighted by Gasteiger charge is 2.29. The van der Waals surface area contributed by atoms with Crippen molar-refractivity contribution in [2.75, 3.05) is 6.61 Å². The Kier molecular flexibility index (Phi) is 3.97. The Balaban J connectivity index is 1.84. The van der Waals surface area contributed by atoms with Gasteiger partial charge in [-0.2, -0.15) is 0 Å². The largest absolute Gasteiger partial charge is 0.508 e. The molecular formula is C20H25NO2. The highest BCUT2D eigenvalue weighted by molar-refractivity contribution is 5.44. The van der Waals surface area contributed by atoms with Crippen LogP contribution in [0.1, 0.15) is 38.7 Å². The number of hydrogen-bond acceptors (Lipinski definition) is 3. The lowest BCUT2D eigenvalue weighted by Crippen LogP contribution is -2.25. The van der Waals surface area contributed by atoms with Crippen molar-refractivity contribution in [3.63, 3.8) is 0 Å². The minimum absolute atomic E-state index is 0.00188. The Labute approximate surface area is 138 Å². The van der Waals surface area contributed by atoms with Crippen LogP contribution in [0.3, 0.4) is 0 Å². The maximum absolute atomic E-state index is 9.75. The van der Waals surface area contributed by atoms with Gasteiger partial charge in [0.2, 0.25) is 0 Å². The van der Waals surface area contributed by atoms with Gasteiger partial charge in [0, 0.05) is 22.6 Å². The molecule has 0 amide bonds. The number of rotatable bonds is 2. The molecule has 0 radical (unpaired) electrons. The molecule has 0 saturated heterocycles. The van der Waals surface area contributed by atoms with Gasteiger partial charge in [-0.3, -0.25) is 0 Å². The van der Waals surface area contributed by atoms with Gasteiger partial charge in [0.05, 0.1) is 6.61 Å². The molecule has 1 aliphatic heterocycles. The highest BCUT2D eigenvalue weighted by atomic mass is 16.5. The highest BCUT2D eigenvalue weighted by Crippen LogP contribution is 2.41. The number of fused-ring (bicyclic) bond motifs is 1. The Bertz CT molecular complexity index is 698.